The van der Waals surface area contributed by atoms with E-state index in [2.05, 4.69) is 35.7 Å². The Morgan fingerprint density at radius 1 is 1.17 bits per heavy atom. The number of benzene rings is 2. The molecule has 1 atom stereocenters. The van der Waals surface area contributed by atoms with Crippen molar-refractivity contribution >= 4 is 34.8 Å². The SMILES string of the molecule is CCOC(=O)C1=C(C)N=c2s/c(=C/c3cc([N+](=O)[O-])ccc3N3CCN(C)CC3)c(=O)n2[C@@H]1c1ccc(C(C)C)cc1. The Balaban J connectivity index is 1.69. The minimum atomic E-state index is -0.717. The monoisotopic (exact) mass is 589 g/mol. The summed E-state index contributed by atoms with van der Waals surface area (Å²) in [5.74, 6) is -0.186. The number of fused-ring (bicyclic) bond motifs is 1. The molecule has 0 unspecified atom stereocenters. The molecular weight excluding hydrogens is 554 g/mol. The van der Waals surface area contributed by atoms with E-state index in [1.807, 2.05) is 24.3 Å². The second-order valence-electron chi connectivity index (χ2n) is 10.9. The minimum absolute atomic E-state index is 0.0459. The van der Waals surface area contributed by atoms with Gasteiger partial charge in [0, 0.05) is 49.6 Å². The van der Waals surface area contributed by atoms with Crippen molar-refractivity contribution in [3.05, 3.63) is 100 Å². The molecular formula is C31H35N5O5S. The summed E-state index contributed by atoms with van der Waals surface area (Å²) >= 11 is 1.21. The highest BCUT2D eigenvalue weighted by Crippen LogP contribution is 2.32. The van der Waals surface area contributed by atoms with E-state index >= 15 is 0 Å². The number of hydrogen-bond donors (Lipinski definition) is 0. The van der Waals surface area contributed by atoms with Crippen molar-refractivity contribution in [2.75, 3.05) is 44.7 Å². The second kappa shape index (κ2) is 12.0. The molecule has 0 amide bonds. The number of esters is 1. The van der Waals surface area contributed by atoms with Crippen molar-refractivity contribution in [1.82, 2.24) is 9.47 Å². The van der Waals surface area contributed by atoms with Gasteiger partial charge in [0.15, 0.2) is 4.80 Å². The molecule has 42 heavy (non-hydrogen) atoms. The number of rotatable bonds is 7. The zero-order valence-corrected chi connectivity index (χ0v) is 25.3. The molecule has 2 aromatic carbocycles. The molecule has 3 heterocycles. The van der Waals surface area contributed by atoms with Crippen LogP contribution in [-0.2, 0) is 9.53 Å². The summed E-state index contributed by atoms with van der Waals surface area (Å²) in [5, 5.41) is 11.7. The number of allylic oxidation sites excluding steroid dienone is 1. The molecule has 0 aliphatic carbocycles. The molecule has 1 aromatic heterocycles. The summed E-state index contributed by atoms with van der Waals surface area (Å²) in [5.41, 5.74) is 3.80. The maximum Gasteiger partial charge on any atom is 0.338 e. The zero-order valence-electron chi connectivity index (χ0n) is 24.5. The lowest BCUT2D eigenvalue weighted by Gasteiger charge is -2.34. The normalized spacial score (nSPS) is 17.8. The molecule has 0 N–H and O–H groups in total. The summed E-state index contributed by atoms with van der Waals surface area (Å²) in [7, 11) is 2.06. The Bertz CT molecular complexity index is 1730. The zero-order chi connectivity index (χ0) is 30.1. The van der Waals surface area contributed by atoms with E-state index in [4.69, 9.17) is 4.74 Å². The second-order valence-corrected chi connectivity index (χ2v) is 11.9. The van der Waals surface area contributed by atoms with E-state index in [9.17, 15) is 19.7 Å². The van der Waals surface area contributed by atoms with Crippen molar-refractivity contribution < 1.29 is 14.5 Å². The number of hydrogen-bond acceptors (Lipinski definition) is 9. The van der Waals surface area contributed by atoms with Crippen molar-refractivity contribution in [2.24, 2.45) is 4.99 Å². The molecule has 5 rings (SSSR count). The lowest BCUT2D eigenvalue weighted by molar-refractivity contribution is -0.384. The molecule has 0 radical (unpaired) electrons. The topological polar surface area (TPSA) is 110 Å². The first kappa shape index (κ1) is 29.4. The van der Waals surface area contributed by atoms with Gasteiger partial charge in [0.25, 0.3) is 11.2 Å². The van der Waals surface area contributed by atoms with Gasteiger partial charge in [-0.25, -0.2) is 9.79 Å². The summed E-state index contributed by atoms with van der Waals surface area (Å²) in [4.78, 5) is 48.1. The first-order valence-electron chi connectivity index (χ1n) is 14.1. The fourth-order valence-corrected chi connectivity index (χ4v) is 6.46. The largest absolute Gasteiger partial charge is 0.463 e. The molecule has 1 fully saturated rings. The third-order valence-electron chi connectivity index (χ3n) is 7.79. The van der Waals surface area contributed by atoms with Crippen LogP contribution >= 0.6 is 11.3 Å². The molecule has 0 spiro atoms. The minimum Gasteiger partial charge on any atom is -0.463 e. The summed E-state index contributed by atoms with van der Waals surface area (Å²) in [6.45, 7) is 11.2. The van der Waals surface area contributed by atoms with Crippen LogP contribution in [0.4, 0.5) is 11.4 Å². The number of nitrogens with zero attached hydrogens (tertiary/aromatic N) is 5. The average molecular weight is 590 g/mol. The maximum absolute atomic E-state index is 14.1. The number of carbonyl (C=O) groups is 1. The van der Waals surface area contributed by atoms with E-state index < -0.39 is 16.9 Å². The van der Waals surface area contributed by atoms with E-state index in [0.29, 0.717) is 32.1 Å². The number of ether oxygens (including phenoxy) is 1. The lowest BCUT2D eigenvalue weighted by Crippen LogP contribution is -2.44. The van der Waals surface area contributed by atoms with Gasteiger partial charge in [0.1, 0.15) is 0 Å². The molecule has 1 saturated heterocycles. The molecule has 10 nitrogen and oxygen atoms in total. The fourth-order valence-electron chi connectivity index (χ4n) is 5.42. The van der Waals surface area contributed by atoms with Crippen LogP contribution < -0.4 is 19.8 Å². The predicted octanol–water partition coefficient (Wildman–Crippen LogP) is 3.58. The van der Waals surface area contributed by atoms with Crippen molar-refractivity contribution in [3.8, 4) is 0 Å². The van der Waals surface area contributed by atoms with E-state index in [1.165, 1.54) is 23.5 Å². The number of aromatic nitrogens is 1. The van der Waals surface area contributed by atoms with Gasteiger partial charge >= 0.3 is 5.97 Å². The van der Waals surface area contributed by atoms with Gasteiger partial charge in [0.05, 0.1) is 33.4 Å². The molecule has 2 aliphatic heterocycles. The van der Waals surface area contributed by atoms with Gasteiger partial charge in [-0.2, -0.15) is 0 Å². The van der Waals surface area contributed by atoms with E-state index in [-0.39, 0.29) is 17.9 Å². The van der Waals surface area contributed by atoms with Crippen LogP contribution in [0, 0.1) is 10.1 Å². The summed E-state index contributed by atoms with van der Waals surface area (Å²) < 4.78 is 7.33. The van der Waals surface area contributed by atoms with Crippen LogP contribution in [0.2, 0.25) is 0 Å². The van der Waals surface area contributed by atoms with Gasteiger partial charge in [-0.05, 0) is 50.1 Å². The molecule has 0 bridgehead atoms. The Morgan fingerprint density at radius 3 is 2.48 bits per heavy atom. The van der Waals surface area contributed by atoms with Crippen LogP contribution in [0.15, 0.2) is 63.5 Å². The predicted molar refractivity (Wildman–Crippen MR) is 164 cm³/mol. The van der Waals surface area contributed by atoms with Gasteiger partial charge in [-0.15, -0.1) is 0 Å². The quantitative estimate of drug-likeness (QED) is 0.235. The van der Waals surface area contributed by atoms with Crippen LogP contribution in [0.3, 0.4) is 0 Å². The summed E-state index contributed by atoms with van der Waals surface area (Å²) in [6.07, 6.45) is 1.72. The fraction of sp³-hybridized carbons (Fsp3) is 0.387. The molecule has 2 aliphatic rings. The number of likely N-dealkylation sites (N-methyl/N-ethyl adjacent to an activating group) is 1. The van der Waals surface area contributed by atoms with Crippen molar-refractivity contribution in [3.63, 3.8) is 0 Å². The molecule has 3 aromatic rings. The maximum atomic E-state index is 14.1. The number of nitro groups is 1. The van der Waals surface area contributed by atoms with Crippen LogP contribution in [-0.4, -0.2) is 60.2 Å². The van der Waals surface area contributed by atoms with Crippen molar-refractivity contribution in [2.45, 2.75) is 39.7 Å². The Hall–Kier alpha value is -4.09. The first-order valence-corrected chi connectivity index (χ1v) is 14.9. The Kier molecular flexibility index (Phi) is 8.42. The van der Waals surface area contributed by atoms with Gasteiger partial charge in [0.2, 0.25) is 0 Å². The molecule has 0 saturated carbocycles. The van der Waals surface area contributed by atoms with E-state index in [0.717, 1.165) is 43.0 Å². The number of piperazine rings is 1. The Morgan fingerprint density at radius 2 is 1.86 bits per heavy atom. The average Bonchev–Trinajstić information content (AvgIpc) is 3.26. The highest BCUT2D eigenvalue weighted by Gasteiger charge is 2.33. The van der Waals surface area contributed by atoms with Gasteiger partial charge < -0.3 is 14.5 Å². The van der Waals surface area contributed by atoms with Gasteiger partial charge in [-0.1, -0.05) is 49.4 Å². The van der Waals surface area contributed by atoms with E-state index in [1.54, 1.807) is 30.6 Å². The standard InChI is InChI=1S/C31H35N5O5S/c1-6-41-30(38)27-20(4)32-31-35(28(27)22-9-7-21(8-10-22)19(2)3)29(37)26(42-31)18-23-17-24(36(39)40)11-12-25(23)34-15-13-33(5)14-16-34/h7-12,17-19,28H,6,13-16H2,1-5H3/b26-18+/t28-/m1/s1. The third kappa shape index (κ3) is 5.66. The van der Waals surface area contributed by atoms with Crippen molar-refractivity contribution in [1.29, 1.82) is 0 Å². The molecule has 220 valence electrons. The van der Waals surface area contributed by atoms with Crippen LogP contribution in [0.25, 0.3) is 6.08 Å². The van der Waals surface area contributed by atoms with Crippen LogP contribution in [0.5, 0.6) is 0 Å². The molecule has 11 heteroatoms. The number of non-ortho nitro benzene ring substituents is 1. The third-order valence-corrected chi connectivity index (χ3v) is 8.77. The number of thiazole rings is 1. The number of nitro benzene ring substituents is 1. The smallest absolute Gasteiger partial charge is 0.338 e. The number of anilines is 1. The highest BCUT2D eigenvalue weighted by molar-refractivity contribution is 7.07. The Labute approximate surface area is 248 Å². The van der Waals surface area contributed by atoms with Crippen LogP contribution in [0.1, 0.15) is 56.3 Å². The summed E-state index contributed by atoms with van der Waals surface area (Å²) in [6, 6.07) is 12.0. The highest BCUT2D eigenvalue weighted by atomic mass is 32.1. The lowest BCUT2D eigenvalue weighted by atomic mass is 9.93. The van der Waals surface area contributed by atoms with Gasteiger partial charge in [-0.3, -0.25) is 19.5 Å². The first-order chi connectivity index (χ1) is 20.1. The number of carbonyl (C=O) groups excluding carboxylic acids is 1.